The van der Waals surface area contributed by atoms with Gasteiger partial charge >= 0.3 is 0 Å². The van der Waals surface area contributed by atoms with E-state index < -0.39 is 0 Å². The summed E-state index contributed by atoms with van der Waals surface area (Å²) in [5, 5.41) is 7.58. The van der Waals surface area contributed by atoms with Crippen LogP contribution in [0.3, 0.4) is 0 Å². The fourth-order valence-corrected chi connectivity index (χ4v) is 3.78. The molecule has 1 saturated heterocycles. The predicted octanol–water partition coefficient (Wildman–Crippen LogP) is 3.47. The highest BCUT2D eigenvalue weighted by Crippen LogP contribution is 2.37. The van der Waals surface area contributed by atoms with Gasteiger partial charge in [-0.05, 0) is 57.4 Å². The van der Waals surface area contributed by atoms with Crippen molar-refractivity contribution in [2.75, 3.05) is 6.54 Å². The Bertz CT molecular complexity index is 235. The van der Waals surface area contributed by atoms with Gasteiger partial charge in [0.05, 0.1) is 0 Å². The molecule has 0 aromatic heterocycles. The van der Waals surface area contributed by atoms with Gasteiger partial charge in [0.2, 0.25) is 0 Å². The van der Waals surface area contributed by atoms with E-state index in [0.717, 1.165) is 12.1 Å². The summed E-state index contributed by atoms with van der Waals surface area (Å²) in [6.45, 7) is 8.42. The molecule has 0 radical (unpaired) electrons. The van der Waals surface area contributed by atoms with Crippen molar-refractivity contribution >= 4 is 0 Å². The predicted molar refractivity (Wildman–Crippen MR) is 78.9 cm³/mol. The first kappa shape index (κ1) is 14.3. The molecule has 2 aliphatic rings. The third-order valence-electron chi connectivity index (χ3n) is 4.79. The van der Waals surface area contributed by atoms with Crippen LogP contribution in [0.1, 0.15) is 72.1 Å². The zero-order valence-electron chi connectivity index (χ0n) is 12.6. The minimum absolute atomic E-state index is 0.567. The highest BCUT2D eigenvalue weighted by Gasteiger charge is 2.31. The molecule has 0 spiro atoms. The fourth-order valence-electron chi connectivity index (χ4n) is 3.78. The van der Waals surface area contributed by atoms with E-state index in [1.165, 1.54) is 57.9 Å². The molecule has 2 fully saturated rings. The highest BCUT2D eigenvalue weighted by molar-refractivity contribution is 4.88. The molecule has 2 N–H and O–H groups in total. The summed E-state index contributed by atoms with van der Waals surface area (Å²) in [6.07, 6.45) is 11.0. The van der Waals surface area contributed by atoms with Crippen LogP contribution < -0.4 is 10.6 Å². The van der Waals surface area contributed by atoms with Gasteiger partial charge in [0, 0.05) is 18.1 Å². The Labute approximate surface area is 113 Å². The number of nitrogens with one attached hydrogen (secondary N) is 2. The van der Waals surface area contributed by atoms with Crippen molar-refractivity contribution in [2.45, 2.75) is 90.3 Å². The Morgan fingerprint density at radius 3 is 2.78 bits per heavy atom. The monoisotopic (exact) mass is 252 g/mol. The first-order valence-electron chi connectivity index (χ1n) is 8.05. The van der Waals surface area contributed by atoms with Crippen LogP contribution >= 0.6 is 0 Å². The van der Waals surface area contributed by atoms with Crippen LogP contribution in [0.2, 0.25) is 0 Å². The molecule has 2 rings (SSSR count). The first-order chi connectivity index (χ1) is 8.55. The molecular formula is C16H32N2. The van der Waals surface area contributed by atoms with Crippen molar-refractivity contribution in [2.24, 2.45) is 5.41 Å². The van der Waals surface area contributed by atoms with Gasteiger partial charge in [-0.25, -0.2) is 0 Å². The van der Waals surface area contributed by atoms with Crippen LogP contribution in [-0.2, 0) is 0 Å². The topological polar surface area (TPSA) is 24.1 Å². The van der Waals surface area contributed by atoms with Crippen LogP contribution in [0.5, 0.6) is 0 Å². The van der Waals surface area contributed by atoms with Gasteiger partial charge in [-0.3, -0.25) is 0 Å². The van der Waals surface area contributed by atoms with Gasteiger partial charge in [-0.1, -0.05) is 26.7 Å². The molecule has 0 amide bonds. The molecule has 2 heteroatoms. The first-order valence-corrected chi connectivity index (χ1v) is 8.05. The third-order valence-corrected chi connectivity index (χ3v) is 4.79. The summed E-state index contributed by atoms with van der Waals surface area (Å²) < 4.78 is 0. The molecule has 1 heterocycles. The lowest BCUT2D eigenvalue weighted by Gasteiger charge is -2.25. The quantitative estimate of drug-likeness (QED) is 0.800. The standard InChI is InChI=1S/C16H32N2/c1-13(11-14-7-5-4-6-10-17-14)18-15-8-9-16(2,3)12-15/h13-15,17-18H,4-12H2,1-3H3. The third kappa shape index (κ3) is 4.55. The Balaban J connectivity index is 1.69. The minimum atomic E-state index is 0.567. The Morgan fingerprint density at radius 1 is 1.22 bits per heavy atom. The molecule has 0 aromatic carbocycles. The summed E-state index contributed by atoms with van der Waals surface area (Å²) in [7, 11) is 0. The van der Waals surface area contributed by atoms with E-state index in [0.29, 0.717) is 11.5 Å². The second-order valence-electron chi connectivity index (χ2n) is 7.41. The van der Waals surface area contributed by atoms with E-state index in [9.17, 15) is 0 Å². The van der Waals surface area contributed by atoms with Gasteiger partial charge in [0.15, 0.2) is 0 Å². The largest absolute Gasteiger partial charge is 0.314 e. The molecule has 18 heavy (non-hydrogen) atoms. The SMILES string of the molecule is CC(CC1CCCCCN1)NC1CCC(C)(C)C1. The molecular weight excluding hydrogens is 220 g/mol. The van der Waals surface area contributed by atoms with Gasteiger partial charge in [0.25, 0.3) is 0 Å². The van der Waals surface area contributed by atoms with Crippen LogP contribution in [0.25, 0.3) is 0 Å². The van der Waals surface area contributed by atoms with E-state index >= 15 is 0 Å². The molecule has 0 aromatic rings. The fraction of sp³-hybridized carbons (Fsp3) is 1.00. The van der Waals surface area contributed by atoms with Crippen LogP contribution in [-0.4, -0.2) is 24.7 Å². The summed E-state index contributed by atoms with van der Waals surface area (Å²) in [6, 6.07) is 2.18. The van der Waals surface area contributed by atoms with Crippen LogP contribution in [0, 0.1) is 5.41 Å². The van der Waals surface area contributed by atoms with Crippen molar-refractivity contribution in [3.63, 3.8) is 0 Å². The maximum Gasteiger partial charge on any atom is 0.00817 e. The van der Waals surface area contributed by atoms with Gasteiger partial charge in [0.1, 0.15) is 0 Å². The zero-order valence-corrected chi connectivity index (χ0v) is 12.6. The van der Waals surface area contributed by atoms with E-state index in [2.05, 4.69) is 31.4 Å². The summed E-state index contributed by atoms with van der Waals surface area (Å²) in [5.74, 6) is 0. The summed E-state index contributed by atoms with van der Waals surface area (Å²) in [5.41, 5.74) is 0.567. The Morgan fingerprint density at radius 2 is 2.06 bits per heavy atom. The van der Waals surface area contributed by atoms with Gasteiger partial charge in [-0.15, -0.1) is 0 Å². The second-order valence-corrected chi connectivity index (χ2v) is 7.41. The average Bonchev–Trinajstić information content (AvgIpc) is 2.52. The zero-order chi connectivity index (χ0) is 13.0. The van der Waals surface area contributed by atoms with Crippen LogP contribution in [0.4, 0.5) is 0 Å². The second kappa shape index (κ2) is 6.38. The van der Waals surface area contributed by atoms with Crippen molar-refractivity contribution in [1.29, 1.82) is 0 Å². The molecule has 3 atom stereocenters. The van der Waals surface area contributed by atoms with Crippen molar-refractivity contribution < 1.29 is 0 Å². The van der Waals surface area contributed by atoms with E-state index in [-0.39, 0.29) is 0 Å². The number of hydrogen-bond acceptors (Lipinski definition) is 2. The average molecular weight is 252 g/mol. The van der Waals surface area contributed by atoms with E-state index in [1.54, 1.807) is 0 Å². The molecule has 1 saturated carbocycles. The smallest absolute Gasteiger partial charge is 0.00817 e. The maximum absolute atomic E-state index is 3.86. The summed E-state index contributed by atoms with van der Waals surface area (Å²) in [4.78, 5) is 0. The number of rotatable bonds is 4. The normalized spacial score (nSPS) is 34.2. The van der Waals surface area contributed by atoms with E-state index in [4.69, 9.17) is 0 Å². The molecule has 2 nitrogen and oxygen atoms in total. The van der Waals surface area contributed by atoms with Crippen LogP contribution in [0.15, 0.2) is 0 Å². The molecule has 0 bridgehead atoms. The number of hydrogen-bond donors (Lipinski definition) is 2. The van der Waals surface area contributed by atoms with Gasteiger partial charge < -0.3 is 10.6 Å². The van der Waals surface area contributed by atoms with E-state index in [1.807, 2.05) is 0 Å². The van der Waals surface area contributed by atoms with Gasteiger partial charge in [-0.2, -0.15) is 0 Å². The molecule has 1 aliphatic carbocycles. The van der Waals surface area contributed by atoms with Crippen molar-refractivity contribution in [3.8, 4) is 0 Å². The Kier molecular flexibility index (Phi) is 5.08. The molecule has 106 valence electrons. The maximum atomic E-state index is 3.86. The lowest BCUT2D eigenvalue weighted by molar-refractivity contribution is 0.336. The van der Waals surface area contributed by atoms with Crippen molar-refractivity contribution in [1.82, 2.24) is 10.6 Å². The van der Waals surface area contributed by atoms with Crippen molar-refractivity contribution in [3.05, 3.63) is 0 Å². The lowest BCUT2D eigenvalue weighted by Crippen LogP contribution is -2.40. The molecule has 3 unspecified atom stereocenters. The Hall–Kier alpha value is -0.0800. The summed E-state index contributed by atoms with van der Waals surface area (Å²) >= 11 is 0. The minimum Gasteiger partial charge on any atom is -0.314 e. The molecule has 1 aliphatic heterocycles. The highest BCUT2D eigenvalue weighted by atomic mass is 15.0. The lowest BCUT2D eigenvalue weighted by atomic mass is 9.91.